The van der Waals surface area contributed by atoms with Gasteiger partial charge in [0.15, 0.2) is 5.78 Å². The van der Waals surface area contributed by atoms with Gasteiger partial charge < -0.3 is 0 Å². The van der Waals surface area contributed by atoms with Crippen molar-refractivity contribution < 1.29 is 9.18 Å². The van der Waals surface area contributed by atoms with Crippen LogP contribution in [0.2, 0.25) is 0 Å². The number of hydrogen-bond donors (Lipinski definition) is 0. The number of aromatic nitrogens is 2. The van der Waals surface area contributed by atoms with Crippen molar-refractivity contribution in [3.05, 3.63) is 71.8 Å². The zero-order chi connectivity index (χ0) is 12.5. The van der Waals surface area contributed by atoms with Gasteiger partial charge in [-0.05, 0) is 24.3 Å². The SMILES string of the molecule is O=C(c1ccccc1F)c1cnn2ccccc12. The summed E-state index contributed by atoms with van der Waals surface area (Å²) in [7, 11) is 0. The molecule has 3 aromatic rings. The highest BCUT2D eigenvalue weighted by atomic mass is 19.1. The molecule has 18 heavy (non-hydrogen) atoms. The van der Waals surface area contributed by atoms with Crippen LogP contribution in [0.15, 0.2) is 54.9 Å². The fourth-order valence-corrected chi connectivity index (χ4v) is 1.90. The molecule has 0 spiro atoms. The van der Waals surface area contributed by atoms with Crippen molar-refractivity contribution in [3.63, 3.8) is 0 Å². The Balaban J connectivity index is 2.16. The van der Waals surface area contributed by atoms with E-state index in [9.17, 15) is 9.18 Å². The summed E-state index contributed by atoms with van der Waals surface area (Å²) < 4.78 is 15.2. The average Bonchev–Trinajstić information content (AvgIpc) is 2.82. The summed E-state index contributed by atoms with van der Waals surface area (Å²) in [4.78, 5) is 12.2. The minimum Gasteiger partial charge on any atom is -0.288 e. The Morgan fingerprint density at radius 2 is 1.83 bits per heavy atom. The van der Waals surface area contributed by atoms with E-state index >= 15 is 0 Å². The molecule has 88 valence electrons. The Kier molecular flexibility index (Phi) is 2.41. The average molecular weight is 240 g/mol. The first kappa shape index (κ1) is 10.7. The Labute approximate surface area is 102 Å². The van der Waals surface area contributed by atoms with Crippen LogP contribution in [0.25, 0.3) is 5.52 Å². The number of hydrogen-bond acceptors (Lipinski definition) is 2. The third kappa shape index (κ3) is 1.59. The second-order valence-electron chi connectivity index (χ2n) is 3.90. The van der Waals surface area contributed by atoms with Crippen LogP contribution < -0.4 is 0 Å². The molecule has 3 nitrogen and oxygen atoms in total. The van der Waals surface area contributed by atoms with Crippen molar-refractivity contribution in [2.45, 2.75) is 0 Å². The van der Waals surface area contributed by atoms with Gasteiger partial charge in [0.2, 0.25) is 0 Å². The minimum atomic E-state index is -0.516. The summed E-state index contributed by atoms with van der Waals surface area (Å²) in [6.07, 6.45) is 3.21. The van der Waals surface area contributed by atoms with E-state index in [1.807, 2.05) is 12.1 Å². The van der Waals surface area contributed by atoms with Gasteiger partial charge in [0.1, 0.15) is 5.82 Å². The molecule has 0 aliphatic rings. The summed E-state index contributed by atoms with van der Waals surface area (Å²) in [6.45, 7) is 0. The number of carbonyl (C=O) groups excluding carboxylic acids is 1. The first-order valence-corrected chi connectivity index (χ1v) is 5.49. The van der Waals surface area contributed by atoms with Crippen LogP contribution in [0.3, 0.4) is 0 Å². The zero-order valence-corrected chi connectivity index (χ0v) is 9.38. The lowest BCUT2D eigenvalue weighted by Gasteiger charge is -2.00. The number of benzene rings is 1. The van der Waals surface area contributed by atoms with Crippen LogP contribution in [0.1, 0.15) is 15.9 Å². The lowest BCUT2D eigenvalue weighted by molar-refractivity contribution is 0.103. The summed E-state index contributed by atoms with van der Waals surface area (Å²) in [5, 5.41) is 4.07. The molecule has 0 aliphatic carbocycles. The maximum Gasteiger partial charge on any atom is 0.199 e. The molecule has 0 saturated carbocycles. The summed E-state index contributed by atoms with van der Waals surface area (Å²) in [5.41, 5.74) is 1.14. The van der Waals surface area contributed by atoms with Crippen molar-refractivity contribution in [3.8, 4) is 0 Å². The summed E-state index contributed by atoms with van der Waals surface area (Å²) >= 11 is 0. The van der Waals surface area contributed by atoms with Gasteiger partial charge in [0, 0.05) is 6.20 Å². The predicted molar refractivity (Wildman–Crippen MR) is 65.0 cm³/mol. The van der Waals surface area contributed by atoms with Crippen molar-refractivity contribution in [2.75, 3.05) is 0 Å². The van der Waals surface area contributed by atoms with Gasteiger partial charge in [-0.3, -0.25) is 4.79 Å². The number of nitrogens with zero attached hydrogens (tertiary/aromatic N) is 2. The van der Waals surface area contributed by atoms with E-state index in [4.69, 9.17) is 0 Å². The van der Waals surface area contributed by atoms with Crippen LogP contribution in [0.5, 0.6) is 0 Å². The topological polar surface area (TPSA) is 34.4 Å². The molecule has 1 aromatic carbocycles. The molecule has 0 saturated heterocycles. The number of halogens is 1. The minimum absolute atomic E-state index is 0.0660. The molecular formula is C14H9FN2O. The number of pyridine rings is 1. The molecular weight excluding hydrogens is 231 g/mol. The van der Waals surface area contributed by atoms with E-state index in [0.717, 1.165) is 0 Å². The highest BCUT2D eigenvalue weighted by Gasteiger charge is 2.17. The third-order valence-electron chi connectivity index (χ3n) is 2.79. The highest BCUT2D eigenvalue weighted by Crippen LogP contribution is 2.17. The van der Waals surface area contributed by atoms with E-state index in [1.165, 1.54) is 18.3 Å². The molecule has 0 radical (unpaired) electrons. The van der Waals surface area contributed by atoms with Gasteiger partial charge in [0.05, 0.1) is 22.8 Å². The van der Waals surface area contributed by atoms with Crippen molar-refractivity contribution in [1.29, 1.82) is 0 Å². The predicted octanol–water partition coefficient (Wildman–Crippen LogP) is 2.70. The normalized spacial score (nSPS) is 10.7. The van der Waals surface area contributed by atoms with Crippen molar-refractivity contribution >= 4 is 11.3 Å². The maximum absolute atomic E-state index is 13.6. The quantitative estimate of drug-likeness (QED) is 0.645. The Hall–Kier alpha value is -2.49. The van der Waals surface area contributed by atoms with Crippen LogP contribution in [-0.2, 0) is 0 Å². The lowest BCUT2D eigenvalue weighted by Crippen LogP contribution is -2.03. The number of rotatable bonds is 2. The van der Waals surface area contributed by atoms with E-state index in [0.29, 0.717) is 11.1 Å². The first-order valence-electron chi connectivity index (χ1n) is 5.49. The second kappa shape index (κ2) is 4.07. The van der Waals surface area contributed by atoms with E-state index < -0.39 is 5.82 Å². The van der Waals surface area contributed by atoms with E-state index in [-0.39, 0.29) is 11.3 Å². The fourth-order valence-electron chi connectivity index (χ4n) is 1.90. The molecule has 0 atom stereocenters. The molecule has 2 aromatic heterocycles. The molecule has 3 rings (SSSR count). The van der Waals surface area contributed by atoms with Crippen molar-refractivity contribution in [1.82, 2.24) is 9.61 Å². The Morgan fingerprint density at radius 3 is 2.67 bits per heavy atom. The molecule has 0 bridgehead atoms. The zero-order valence-electron chi connectivity index (χ0n) is 9.38. The van der Waals surface area contributed by atoms with Gasteiger partial charge in [-0.25, -0.2) is 8.91 Å². The van der Waals surface area contributed by atoms with E-state index in [2.05, 4.69) is 5.10 Å². The summed E-state index contributed by atoms with van der Waals surface area (Å²) in [5.74, 6) is -0.868. The van der Waals surface area contributed by atoms with Crippen LogP contribution in [-0.4, -0.2) is 15.4 Å². The smallest absolute Gasteiger partial charge is 0.199 e. The van der Waals surface area contributed by atoms with Crippen LogP contribution in [0, 0.1) is 5.82 Å². The molecule has 0 fully saturated rings. The van der Waals surface area contributed by atoms with Gasteiger partial charge in [0.25, 0.3) is 0 Å². The Bertz CT molecular complexity index is 733. The van der Waals surface area contributed by atoms with Gasteiger partial charge >= 0.3 is 0 Å². The van der Waals surface area contributed by atoms with Crippen LogP contribution in [0.4, 0.5) is 4.39 Å². The molecule has 0 unspecified atom stereocenters. The first-order chi connectivity index (χ1) is 8.77. The maximum atomic E-state index is 13.6. The largest absolute Gasteiger partial charge is 0.288 e. The second-order valence-corrected chi connectivity index (χ2v) is 3.90. The standard InChI is InChI=1S/C14H9FN2O/c15-12-6-2-1-5-10(12)14(18)11-9-16-17-8-4-3-7-13(11)17/h1-9H. The Morgan fingerprint density at radius 1 is 1.06 bits per heavy atom. The van der Waals surface area contributed by atoms with Crippen molar-refractivity contribution in [2.24, 2.45) is 0 Å². The van der Waals surface area contributed by atoms with Gasteiger partial charge in [-0.2, -0.15) is 5.10 Å². The van der Waals surface area contributed by atoms with Gasteiger partial charge in [-0.15, -0.1) is 0 Å². The molecule has 4 heteroatoms. The number of carbonyl (C=O) groups is 1. The summed E-state index contributed by atoms with van der Waals surface area (Å²) in [6, 6.07) is 11.4. The van der Waals surface area contributed by atoms with Gasteiger partial charge in [-0.1, -0.05) is 18.2 Å². The third-order valence-corrected chi connectivity index (χ3v) is 2.79. The number of fused-ring (bicyclic) bond motifs is 1. The molecule has 0 N–H and O–H groups in total. The molecule has 0 amide bonds. The highest BCUT2D eigenvalue weighted by molar-refractivity contribution is 6.13. The molecule has 2 heterocycles. The molecule has 0 aliphatic heterocycles. The number of ketones is 1. The fraction of sp³-hybridized carbons (Fsp3) is 0. The van der Waals surface area contributed by atoms with E-state index in [1.54, 1.807) is 28.9 Å². The lowest BCUT2D eigenvalue weighted by atomic mass is 10.0. The monoisotopic (exact) mass is 240 g/mol. The van der Waals surface area contributed by atoms with Crippen LogP contribution >= 0.6 is 0 Å².